The number of aromatic nitrogens is 1. The Bertz CT molecular complexity index is 1340. The van der Waals surface area contributed by atoms with Gasteiger partial charge >= 0.3 is 5.97 Å². The van der Waals surface area contributed by atoms with E-state index in [1.165, 1.54) is 20.1 Å². The molecule has 0 aliphatic rings. The van der Waals surface area contributed by atoms with E-state index in [0.29, 0.717) is 22.4 Å². The molecule has 0 aliphatic heterocycles. The van der Waals surface area contributed by atoms with Crippen molar-refractivity contribution in [1.82, 2.24) is 4.98 Å². The highest BCUT2D eigenvalue weighted by molar-refractivity contribution is 6.10. The van der Waals surface area contributed by atoms with Crippen LogP contribution in [-0.2, 0) is 9.53 Å². The molecule has 34 heavy (non-hydrogen) atoms. The second kappa shape index (κ2) is 10.0. The molecule has 4 rings (SSSR count). The number of Topliss-reactive ketones (excluding diaryl/α,β-unsaturated/α-hetero) is 2. The van der Waals surface area contributed by atoms with Gasteiger partial charge in [0.05, 0.1) is 7.11 Å². The number of fused-ring (bicyclic) bond motifs is 1. The zero-order valence-electron chi connectivity index (χ0n) is 18.7. The minimum Gasteiger partial charge on any atom is -0.493 e. The number of aromatic amines is 1. The fraction of sp³-hybridized carbons (Fsp3) is 0.148. The lowest BCUT2D eigenvalue weighted by Gasteiger charge is -2.18. The number of ketones is 2. The number of carbonyl (C=O) groups is 3. The van der Waals surface area contributed by atoms with Gasteiger partial charge in [-0.15, -0.1) is 0 Å². The Morgan fingerprint density at radius 3 is 2.38 bits per heavy atom. The molecule has 0 aliphatic carbocycles. The van der Waals surface area contributed by atoms with Gasteiger partial charge in [-0.25, -0.2) is 4.79 Å². The van der Waals surface area contributed by atoms with Gasteiger partial charge in [0.15, 0.2) is 30.0 Å². The SMILES string of the molecule is COc1cc(C(C)=O)ccc1OCC(=O)OC(C(=O)c1c[nH]c2ccccc12)c1ccccc1. The number of rotatable bonds is 9. The van der Waals surface area contributed by atoms with E-state index in [-0.39, 0.29) is 17.3 Å². The maximum Gasteiger partial charge on any atom is 0.345 e. The Morgan fingerprint density at radius 1 is 0.912 bits per heavy atom. The van der Waals surface area contributed by atoms with Gasteiger partial charge in [-0.1, -0.05) is 48.5 Å². The first-order chi connectivity index (χ1) is 16.5. The summed E-state index contributed by atoms with van der Waals surface area (Å²) in [5.41, 5.74) is 2.25. The normalized spacial score (nSPS) is 11.6. The van der Waals surface area contributed by atoms with Gasteiger partial charge in [0, 0.05) is 33.8 Å². The standard InChI is InChI=1S/C27H23NO6/c1-17(29)19-12-13-23(24(14-19)32-2)33-16-25(30)34-27(18-8-4-3-5-9-18)26(31)21-15-28-22-11-7-6-10-20(21)22/h3-15,27-28H,16H2,1-2H3. The number of esters is 1. The molecule has 7 heteroatoms. The number of carbonyl (C=O) groups excluding carboxylic acids is 3. The first-order valence-corrected chi connectivity index (χ1v) is 10.6. The summed E-state index contributed by atoms with van der Waals surface area (Å²) in [5.74, 6) is -0.593. The molecule has 1 unspecified atom stereocenters. The lowest BCUT2D eigenvalue weighted by Crippen LogP contribution is -2.23. The molecular formula is C27H23NO6. The third-order valence-electron chi connectivity index (χ3n) is 5.36. The summed E-state index contributed by atoms with van der Waals surface area (Å²) in [4.78, 5) is 40.8. The van der Waals surface area contributed by atoms with Crippen LogP contribution in [0, 0.1) is 0 Å². The van der Waals surface area contributed by atoms with Crippen LogP contribution in [0.25, 0.3) is 10.9 Å². The van der Waals surface area contributed by atoms with Gasteiger partial charge < -0.3 is 19.2 Å². The highest BCUT2D eigenvalue weighted by Crippen LogP contribution is 2.30. The van der Waals surface area contributed by atoms with Crippen LogP contribution in [0.5, 0.6) is 11.5 Å². The summed E-state index contributed by atoms with van der Waals surface area (Å²) in [5, 5.41) is 0.746. The molecule has 0 fully saturated rings. The van der Waals surface area contributed by atoms with Crippen LogP contribution in [-0.4, -0.2) is 36.2 Å². The van der Waals surface area contributed by atoms with Crippen molar-refractivity contribution in [2.45, 2.75) is 13.0 Å². The lowest BCUT2D eigenvalue weighted by molar-refractivity contribution is -0.149. The van der Waals surface area contributed by atoms with Gasteiger partial charge in [-0.3, -0.25) is 9.59 Å². The zero-order valence-corrected chi connectivity index (χ0v) is 18.7. The number of methoxy groups -OCH3 is 1. The van der Waals surface area contributed by atoms with Crippen LogP contribution < -0.4 is 9.47 Å². The van der Waals surface area contributed by atoms with E-state index in [0.717, 1.165) is 10.9 Å². The van der Waals surface area contributed by atoms with E-state index in [1.54, 1.807) is 42.6 Å². The van der Waals surface area contributed by atoms with Crippen molar-refractivity contribution in [1.29, 1.82) is 0 Å². The van der Waals surface area contributed by atoms with Gasteiger partial charge in [0.1, 0.15) is 0 Å². The van der Waals surface area contributed by atoms with E-state index in [2.05, 4.69) is 4.98 Å². The van der Waals surface area contributed by atoms with E-state index in [4.69, 9.17) is 14.2 Å². The molecule has 1 atom stereocenters. The number of benzene rings is 3. The van der Waals surface area contributed by atoms with Gasteiger partial charge in [0.25, 0.3) is 0 Å². The third kappa shape index (κ3) is 4.83. The molecule has 172 valence electrons. The monoisotopic (exact) mass is 457 g/mol. The number of ether oxygens (including phenoxy) is 3. The van der Waals surface area contributed by atoms with Crippen LogP contribution in [0.2, 0.25) is 0 Å². The number of hydrogen-bond donors (Lipinski definition) is 1. The predicted molar refractivity (Wildman–Crippen MR) is 126 cm³/mol. The van der Waals surface area contributed by atoms with Crippen LogP contribution in [0.4, 0.5) is 0 Å². The van der Waals surface area contributed by atoms with Crippen LogP contribution in [0.3, 0.4) is 0 Å². The third-order valence-corrected chi connectivity index (χ3v) is 5.36. The number of H-pyrrole nitrogens is 1. The first kappa shape index (κ1) is 22.8. The molecule has 1 heterocycles. The van der Waals surface area contributed by atoms with E-state index < -0.39 is 18.7 Å². The van der Waals surface area contributed by atoms with Gasteiger partial charge in [-0.05, 0) is 31.2 Å². The molecule has 0 spiro atoms. The maximum absolute atomic E-state index is 13.4. The minimum atomic E-state index is -1.14. The van der Waals surface area contributed by atoms with Crippen LogP contribution in [0.1, 0.15) is 39.3 Å². The molecule has 0 saturated heterocycles. The topological polar surface area (TPSA) is 94.7 Å². The Kier molecular flexibility index (Phi) is 6.73. The zero-order chi connectivity index (χ0) is 24.1. The van der Waals surface area contributed by atoms with Gasteiger partial charge in [0.2, 0.25) is 5.78 Å². The lowest BCUT2D eigenvalue weighted by atomic mass is 9.99. The van der Waals surface area contributed by atoms with Crippen molar-refractivity contribution in [3.05, 3.63) is 95.7 Å². The number of nitrogens with one attached hydrogen (secondary N) is 1. The quantitative estimate of drug-likeness (QED) is 0.283. The van der Waals surface area contributed by atoms with Crippen molar-refractivity contribution in [3.8, 4) is 11.5 Å². The molecular weight excluding hydrogens is 434 g/mol. The molecule has 4 aromatic rings. The fourth-order valence-electron chi connectivity index (χ4n) is 3.63. The average Bonchev–Trinajstić information content (AvgIpc) is 3.30. The first-order valence-electron chi connectivity index (χ1n) is 10.6. The Labute approximate surface area is 196 Å². The summed E-state index contributed by atoms with van der Waals surface area (Å²) < 4.78 is 16.4. The average molecular weight is 457 g/mol. The minimum absolute atomic E-state index is 0.120. The van der Waals surface area contributed by atoms with Crippen molar-refractivity contribution in [3.63, 3.8) is 0 Å². The molecule has 1 N–H and O–H groups in total. The Hall–Kier alpha value is -4.39. The fourth-order valence-corrected chi connectivity index (χ4v) is 3.63. The Balaban J connectivity index is 1.54. The van der Waals surface area contributed by atoms with Crippen molar-refractivity contribution in [2.24, 2.45) is 0 Å². The summed E-state index contributed by atoms with van der Waals surface area (Å²) in [6, 6.07) is 20.9. The van der Waals surface area contributed by atoms with Crippen molar-refractivity contribution in [2.75, 3.05) is 13.7 Å². The van der Waals surface area contributed by atoms with E-state index in [9.17, 15) is 14.4 Å². The molecule has 0 saturated carbocycles. The Morgan fingerprint density at radius 2 is 1.65 bits per heavy atom. The molecule has 1 aromatic heterocycles. The molecule has 0 radical (unpaired) electrons. The summed E-state index contributed by atoms with van der Waals surface area (Å²) >= 11 is 0. The number of para-hydroxylation sites is 1. The van der Waals surface area contributed by atoms with Crippen LogP contribution in [0.15, 0.2) is 79.0 Å². The molecule has 3 aromatic carbocycles. The summed E-state index contributed by atoms with van der Waals surface area (Å²) in [6.07, 6.45) is 0.479. The van der Waals surface area contributed by atoms with Crippen molar-refractivity contribution >= 4 is 28.4 Å². The maximum atomic E-state index is 13.4. The van der Waals surface area contributed by atoms with Gasteiger partial charge in [-0.2, -0.15) is 0 Å². The smallest absolute Gasteiger partial charge is 0.345 e. The van der Waals surface area contributed by atoms with Crippen LogP contribution >= 0.6 is 0 Å². The molecule has 7 nitrogen and oxygen atoms in total. The second-order valence-electron chi connectivity index (χ2n) is 7.60. The highest BCUT2D eigenvalue weighted by Gasteiger charge is 2.28. The molecule has 0 bridgehead atoms. The molecule has 0 amide bonds. The van der Waals surface area contributed by atoms with Crippen molar-refractivity contribution < 1.29 is 28.6 Å². The van der Waals surface area contributed by atoms with E-state index >= 15 is 0 Å². The predicted octanol–water partition coefficient (Wildman–Crippen LogP) is 4.93. The summed E-state index contributed by atoms with van der Waals surface area (Å²) in [6.45, 7) is 1.00. The number of hydrogen-bond acceptors (Lipinski definition) is 6. The second-order valence-corrected chi connectivity index (χ2v) is 7.60. The summed E-state index contributed by atoms with van der Waals surface area (Å²) in [7, 11) is 1.44. The largest absolute Gasteiger partial charge is 0.493 e. The highest BCUT2D eigenvalue weighted by atomic mass is 16.6. The van der Waals surface area contributed by atoms with E-state index in [1.807, 2.05) is 30.3 Å².